The highest BCUT2D eigenvalue weighted by Gasteiger charge is 2.29. The van der Waals surface area contributed by atoms with Crippen molar-refractivity contribution in [3.05, 3.63) is 23.8 Å². The van der Waals surface area contributed by atoms with E-state index in [2.05, 4.69) is 16.8 Å². The van der Waals surface area contributed by atoms with Crippen molar-refractivity contribution in [2.45, 2.75) is 38.6 Å². The Morgan fingerprint density at radius 1 is 1.11 bits per heavy atom. The summed E-state index contributed by atoms with van der Waals surface area (Å²) in [7, 11) is 1.54. The Morgan fingerprint density at radius 2 is 1.75 bits per heavy atom. The molecule has 1 aromatic carbocycles. The maximum absolute atomic E-state index is 12.9. The van der Waals surface area contributed by atoms with Gasteiger partial charge in [-0.3, -0.25) is 4.79 Å². The minimum absolute atomic E-state index is 0. The second-order valence-corrected chi connectivity index (χ2v) is 7.67. The summed E-state index contributed by atoms with van der Waals surface area (Å²) >= 11 is 0. The maximum atomic E-state index is 12.9. The number of carbonyl (C=O) groups excluding carboxylic acids is 1. The summed E-state index contributed by atoms with van der Waals surface area (Å²) < 4.78 is 5.33. The zero-order chi connectivity index (χ0) is 19.4. The van der Waals surface area contributed by atoms with E-state index in [1.807, 2.05) is 4.90 Å². The highest BCUT2D eigenvalue weighted by atomic mass is 35.5. The van der Waals surface area contributed by atoms with Crippen LogP contribution < -0.4 is 16.2 Å². The molecule has 2 saturated heterocycles. The van der Waals surface area contributed by atoms with E-state index in [9.17, 15) is 4.79 Å². The van der Waals surface area contributed by atoms with Crippen LogP contribution in [0, 0.1) is 5.92 Å². The van der Waals surface area contributed by atoms with Gasteiger partial charge in [-0.2, -0.15) is 0 Å². The quantitative estimate of drug-likeness (QED) is 0.587. The first-order valence-electron chi connectivity index (χ1n) is 9.79. The molecule has 7 nitrogen and oxygen atoms in total. The fourth-order valence-electron chi connectivity index (χ4n) is 4.05. The zero-order valence-electron chi connectivity index (χ0n) is 16.8. The van der Waals surface area contributed by atoms with E-state index in [0.717, 1.165) is 31.8 Å². The lowest BCUT2D eigenvalue weighted by Crippen LogP contribution is -2.48. The number of nitrogens with two attached hydrogens (primary N) is 2. The molecule has 0 aliphatic carbocycles. The number of halogens is 1. The number of hydrogen-bond donors (Lipinski definition) is 2. The average Bonchev–Trinajstić information content (AvgIpc) is 2.68. The van der Waals surface area contributed by atoms with Crippen molar-refractivity contribution in [2.24, 2.45) is 22.4 Å². The third-order valence-corrected chi connectivity index (χ3v) is 5.76. The molecule has 0 radical (unpaired) electrons. The molecule has 2 fully saturated rings. The van der Waals surface area contributed by atoms with Crippen LogP contribution in [-0.2, 0) is 0 Å². The Labute approximate surface area is 173 Å². The lowest BCUT2D eigenvalue weighted by molar-refractivity contribution is 0.0560. The molecule has 0 unspecified atom stereocenters. The molecule has 2 aliphatic rings. The van der Waals surface area contributed by atoms with Crippen LogP contribution in [0.4, 0.5) is 5.69 Å². The molecular formula is C20H32ClN5O2. The van der Waals surface area contributed by atoms with Gasteiger partial charge in [-0.15, -0.1) is 12.4 Å². The zero-order valence-corrected chi connectivity index (χ0v) is 17.6. The molecule has 28 heavy (non-hydrogen) atoms. The van der Waals surface area contributed by atoms with Gasteiger partial charge < -0.3 is 26.0 Å². The van der Waals surface area contributed by atoms with E-state index < -0.39 is 0 Å². The Kier molecular flexibility index (Phi) is 7.95. The van der Waals surface area contributed by atoms with Gasteiger partial charge in [0.25, 0.3) is 5.91 Å². The third-order valence-electron chi connectivity index (χ3n) is 5.76. The summed E-state index contributed by atoms with van der Waals surface area (Å²) in [6, 6.07) is 5.79. The minimum atomic E-state index is -0.0402. The van der Waals surface area contributed by atoms with E-state index in [-0.39, 0.29) is 24.3 Å². The smallest absolute Gasteiger partial charge is 0.253 e. The number of methoxy groups -OCH3 is 1. The number of aliphatic imine (C=N–C) groups is 1. The van der Waals surface area contributed by atoms with E-state index in [1.54, 1.807) is 25.3 Å². The number of benzene rings is 1. The summed E-state index contributed by atoms with van der Waals surface area (Å²) in [4.78, 5) is 21.5. The van der Waals surface area contributed by atoms with Crippen molar-refractivity contribution >= 4 is 30.0 Å². The SMILES string of the molecule is COc1cc(C(=O)N2CCC(N3CCC(C)CC3)CC2)ccc1N=C(N)N.Cl. The van der Waals surface area contributed by atoms with Gasteiger partial charge in [-0.1, -0.05) is 6.92 Å². The van der Waals surface area contributed by atoms with Crippen molar-refractivity contribution in [3.63, 3.8) is 0 Å². The largest absolute Gasteiger partial charge is 0.494 e. The fourth-order valence-corrected chi connectivity index (χ4v) is 4.05. The molecule has 0 bridgehead atoms. The van der Waals surface area contributed by atoms with Crippen LogP contribution in [0.2, 0.25) is 0 Å². The molecule has 0 spiro atoms. The molecular weight excluding hydrogens is 378 g/mol. The first kappa shape index (κ1) is 22.3. The van der Waals surface area contributed by atoms with E-state index in [1.165, 1.54) is 25.9 Å². The Balaban J connectivity index is 0.00000280. The molecule has 4 N–H and O–H groups in total. The number of piperidine rings is 2. The first-order chi connectivity index (χ1) is 13.0. The summed E-state index contributed by atoms with van der Waals surface area (Å²) in [5.74, 6) is 1.34. The Bertz CT molecular complexity index is 692. The van der Waals surface area contributed by atoms with Crippen molar-refractivity contribution in [1.82, 2.24) is 9.80 Å². The number of nitrogens with zero attached hydrogens (tertiary/aromatic N) is 3. The molecule has 2 aliphatic heterocycles. The van der Waals surface area contributed by atoms with Crippen molar-refractivity contribution in [1.29, 1.82) is 0 Å². The van der Waals surface area contributed by atoms with Crippen LogP contribution in [0.5, 0.6) is 5.75 Å². The Morgan fingerprint density at radius 3 is 2.32 bits per heavy atom. The lowest BCUT2D eigenvalue weighted by Gasteiger charge is -2.41. The highest BCUT2D eigenvalue weighted by Crippen LogP contribution is 2.29. The molecule has 3 rings (SSSR count). The van der Waals surface area contributed by atoms with Gasteiger partial charge in [-0.25, -0.2) is 4.99 Å². The third kappa shape index (κ3) is 5.29. The van der Waals surface area contributed by atoms with Crippen LogP contribution in [0.1, 0.15) is 43.0 Å². The maximum Gasteiger partial charge on any atom is 0.253 e. The highest BCUT2D eigenvalue weighted by molar-refractivity contribution is 5.95. The predicted molar refractivity (Wildman–Crippen MR) is 115 cm³/mol. The molecule has 2 heterocycles. The van der Waals surface area contributed by atoms with Gasteiger partial charge in [0.05, 0.1) is 7.11 Å². The summed E-state index contributed by atoms with van der Waals surface area (Å²) in [5, 5.41) is 0. The molecule has 0 aromatic heterocycles. The van der Waals surface area contributed by atoms with Crippen LogP contribution >= 0.6 is 12.4 Å². The lowest BCUT2D eigenvalue weighted by atomic mass is 9.94. The van der Waals surface area contributed by atoms with Gasteiger partial charge in [-0.05, 0) is 62.9 Å². The van der Waals surface area contributed by atoms with E-state index in [4.69, 9.17) is 16.2 Å². The van der Waals surface area contributed by atoms with Gasteiger partial charge in [0, 0.05) is 24.7 Å². The molecule has 8 heteroatoms. The monoisotopic (exact) mass is 409 g/mol. The first-order valence-corrected chi connectivity index (χ1v) is 9.79. The van der Waals surface area contributed by atoms with Crippen molar-refractivity contribution in [2.75, 3.05) is 33.3 Å². The van der Waals surface area contributed by atoms with Crippen molar-refractivity contribution in [3.8, 4) is 5.75 Å². The standard InChI is InChI=1S/C20H31N5O2.ClH/c1-14-5-9-24(10-6-14)16-7-11-25(12-8-16)19(26)15-3-4-17(23-20(21)22)18(13-15)27-2;/h3-4,13-14,16H,5-12H2,1-2H3,(H4,21,22,23);1H. The molecule has 1 aromatic rings. The van der Waals surface area contributed by atoms with Crippen LogP contribution in [0.3, 0.4) is 0 Å². The number of amides is 1. The number of guanidine groups is 1. The second-order valence-electron chi connectivity index (χ2n) is 7.67. The number of likely N-dealkylation sites (tertiary alicyclic amines) is 2. The molecule has 1 amide bonds. The van der Waals surface area contributed by atoms with Crippen LogP contribution in [-0.4, -0.2) is 61.0 Å². The molecule has 0 atom stereocenters. The van der Waals surface area contributed by atoms with Crippen LogP contribution in [0.15, 0.2) is 23.2 Å². The number of carbonyl (C=O) groups is 1. The van der Waals surface area contributed by atoms with Gasteiger partial charge in [0.15, 0.2) is 5.96 Å². The van der Waals surface area contributed by atoms with E-state index in [0.29, 0.717) is 23.0 Å². The number of hydrogen-bond acceptors (Lipinski definition) is 4. The average molecular weight is 410 g/mol. The fraction of sp³-hybridized carbons (Fsp3) is 0.600. The Hall–Kier alpha value is -1.99. The molecule has 0 saturated carbocycles. The summed E-state index contributed by atoms with van der Waals surface area (Å²) in [5.41, 5.74) is 12.0. The molecule has 156 valence electrons. The van der Waals surface area contributed by atoms with Gasteiger partial charge in [0.2, 0.25) is 0 Å². The van der Waals surface area contributed by atoms with Gasteiger partial charge in [0.1, 0.15) is 11.4 Å². The van der Waals surface area contributed by atoms with Gasteiger partial charge >= 0.3 is 0 Å². The van der Waals surface area contributed by atoms with E-state index >= 15 is 0 Å². The number of rotatable bonds is 4. The summed E-state index contributed by atoms with van der Waals surface area (Å²) in [6.07, 6.45) is 4.68. The topological polar surface area (TPSA) is 97.2 Å². The second kappa shape index (κ2) is 9.98. The normalized spacial score (nSPS) is 19.0. The minimum Gasteiger partial charge on any atom is -0.494 e. The predicted octanol–water partition coefficient (Wildman–Crippen LogP) is 2.36. The number of ether oxygens (including phenoxy) is 1. The van der Waals surface area contributed by atoms with Crippen molar-refractivity contribution < 1.29 is 9.53 Å². The summed E-state index contributed by atoms with van der Waals surface area (Å²) in [6.45, 7) is 6.33. The van der Waals surface area contributed by atoms with Crippen LogP contribution in [0.25, 0.3) is 0 Å².